The van der Waals surface area contributed by atoms with Gasteiger partial charge in [0.1, 0.15) is 11.5 Å². The Morgan fingerprint density at radius 1 is 0.967 bits per heavy atom. The molecule has 2 saturated heterocycles. The van der Waals surface area contributed by atoms with Gasteiger partial charge in [0, 0.05) is 38.6 Å². The SMILES string of the molecule is CN1CCN(c2cccc3nc([C@H]4CCC[C@@H](c5ncccc5Cl)N4C)cn23)CC1. The fraction of sp³-hybridized carbons (Fsp3) is 0.478. The van der Waals surface area contributed by atoms with Crippen molar-refractivity contribution in [1.29, 1.82) is 0 Å². The fourth-order valence-corrected chi connectivity index (χ4v) is 5.17. The Bertz CT molecular complexity index is 1030. The summed E-state index contributed by atoms with van der Waals surface area (Å²) in [6, 6.07) is 10.8. The summed E-state index contributed by atoms with van der Waals surface area (Å²) >= 11 is 6.48. The van der Waals surface area contributed by atoms with Crippen molar-refractivity contribution in [2.45, 2.75) is 31.3 Å². The second-order valence-corrected chi connectivity index (χ2v) is 8.97. The molecule has 0 radical (unpaired) electrons. The maximum absolute atomic E-state index is 6.48. The quantitative estimate of drug-likeness (QED) is 0.634. The number of hydrogen-bond acceptors (Lipinski definition) is 5. The molecule has 0 spiro atoms. The molecule has 0 unspecified atom stereocenters. The summed E-state index contributed by atoms with van der Waals surface area (Å²) in [7, 11) is 4.38. The second-order valence-electron chi connectivity index (χ2n) is 8.57. The highest BCUT2D eigenvalue weighted by Gasteiger charge is 2.33. The van der Waals surface area contributed by atoms with Gasteiger partial charge in [-0.05, 0) is 57.6 Å². The Balaban J connectivity index is 1.46. The molecule has 2 atom stereocenters. The molecular weight excluding hydrogens is 396 g/mol. The summed E-state index contributed by atoms with van der Waals surface area (Å²) in [6.07, 6.45) is 7.40. The van der Waals surface area contributed by atoms with Gasteiger partial charge in [-0.15, -0.1) is 0 Å². The van der Waals surface area contributed by atoms with Gasteiger partial charge < -0.3 is 9.80 Å². The van der Waals surface area contributed by atoms with E-state index in [0.29, 0.717) is 0 Å². The number of likely N-dealkylation sites (N-methyl/N-ethyl adjacent to an activating group) is 1. The minimum atomic E-state index is 0.222. The van der Waals surface area contributed by atoms with Gasteiger partial charge in [0.2, 0.25) is 0 Å². The third-order valence-electron chi connectivity index (χ3n) is 6.70. The highest BCUT2D eigenvalue weighted by molar-refractivity contribution is 6.31. The number of nitrogens with zero attached hydrogens (tertiary/aromatic N) is 6. The van der Waals surface area contributed by atoms with E-state index in [1.54, 1.807) is 0 Å². The molecule has 7 heteroatoms. The van der Waals surface area contributed by atoms with Crippen LogP contribution in [-0.4, -0.2) is 64.4 Å². The summed E-state index contributed by atoms with van der Waals surface area (Å²) in [5, 5.41) is 0.752. The van der Waals surface area contributed by atoms with Crippen LogP contribution in [0.2, 0.25) is 5.02 Å². The van der Waals surface area contributed by atoms with Crippen LogP contribution < -0.4 is 4.90 Å². The van der Waals surface area contributed by atoms with Crippen molar-refractivity contribution >= 4 is 23.1 Å². The second kappa shape index (κ2) is 8.17. The molecule has 30 heavy (non-hydrogen) atoms. The van der Waals surface area contributed by atoms with Crippen LogP contribution in [0.4, 0.5) is 5.82 Å². The topological polar surface area (TPSA) is 39.9 Å². The van der Waals surface area contributed by atoms with Crippen molar-refractivity contribution in [3.05, 3.63) is 59.1 Å². The van der Waals surface area contributed by atoms with Crippen LogP contribution in [0.15, 0.2) is 42.7 Å². The molecule has 0 saturated carbocycles. The summed E-state index contributed by atoms with van der Waals surface area (Å²) in [4.78, 5) is 16.9. The molecule has 0 aliphatic carbocycles. The predicted molar refractivity (Wildman–Crippen MR) is 121 cm³/mol. The lowest BCUT2D eigenvalue weighted by Gasteiger charge is -2.38. The Hall–Kier alpha value is -2.15. The minimum absolute atomic E-state index is 0.222. The number of anilines is 1. The molecular formula is C23H29ClN6. The molecule has 6 nitrogen and oxygen atoms in total. The first kappa shape index (κ1) is 19.8. The number of piperidine rings is 1. The van der Waals surface area contributed by atoms with Gasteiger partial charge in [-0.3, -0.25) is 14.3 Å². The molecule has 0 bridgehead atoms. The number of fused-ring (bicyclic) bond motifs is 1. The first-order chi connectivity index (χ1) is 14.6. The number of piperazine rings is 1. The van der Waals surface area contributed by atoms with E-state index in [1.807, 2.05) is 18.3 Å². The molecule has 5 rings (SSSR count). The van der Waals surface area contributed by atoms with Gasteiger partial charge in [-0.25, -0.2) is 4.98 Å². The van der Waals surface area contributed by atoms with Gasteiger partial charge in [0.25, 0.3) is 0 Å². The lowest BCUT2D eigenvalue weighted by Crippen LogP contribution is -2.45. The van der Waals surface area contributed by atoms with Crippen molar-refractivity contribution in [2.75, 3.05) is 45.2 Å². The molecule has 0 aromatic carbocycles. The monoisotopic (exact) mass is 424 g/mol. The molecule has 2 aliphatic heterocycles. The van der Waals surface area contributed by atoms with E-state index in [9.17, 15) is 0 Å². The molecule has 2 aliphatic rings. The normalized spacial score (nSPS) is 23.9. The minimum Gasteiger partial charge on any atom is -0.355 e. The average molecular weight is 425 g/mol. The summed E-state index contributed by atoms with van der Waals surface area (Å²) < 4.78 is 2.27. The summed E-state index contributed by atoms with van der Waals surface area (Å²) in [5.41, 5.74) is 3.14. The first-order valence-electron chi connectivity index (χ1n) is 10.9. The summed E-state index contributed by atoms with van der Waals surface area (Å²) in [6.45, 7) is 4.28. The third kappa shape index (κ3) is 3.57. The van der Waals surface area contributed by atoms with E-state index in [1.165, 1.54) is 5.82 Å². The van der Waals surface area contributed by atoms with Crippen LogP contribution >= 0.6 is 11.6 Å². The molecule has 0 N–H and O–H groups in total. The van der Waals surface area contributed by atoms with Crippen LogP contribution in [-0.2, 0) is 0 Å². The van der Waals surface area contributed by atoms with Gasteiger partial charge in [-0.1, -0.05) is 17.7 Å². The predicted octanol–water partition coefficient (Wildman–Crippen LogP) is 4.03. The molecule has 3 aromatic heterocycles. The van der Waals surface area contributed by atoms with Crippen LogP contribution in [0.3, 0.4) is 0 Å². The number of rotatable bonds is 3. The number of halogens is 1. The largest absolute Gasteiger partial charge is 0.355 e. The average Bonchev–Trinajstić information content (AvgIpc) is 3.19. The van der Waals surface area contributed by atoms with Gasteiger partial charge >= 0.3 is 0 Å². The van der Waals surface area contributed by atoms with E-state index in [2.05, 4.69) is 62.6 Å². The molecule has 5 heterocycles. The highest BCUT2D eigenvalue weighted by atomic mass is 35.5. The molecule has 3 aromatic rings. The smallest absolute Gasteiger partial charge is 0.138 e. The first-order valence-corrected chi connectivity index (χ1v) is 11.2. The van der Waals surface area contributed by atoms with Crippen molar-refractivity contribution in [1.82, 2.24) is 24.2 Å². The van der Waals surface area contributed by atoms with E-state index >= 15 is 0 Å². The van der Waals surface area contributed by atoms with E-state index in [4.69, 9.17) is 16.6 Å². The number of likely N-dealkylation sites (tertiary alicyclic amines) is 1. The maximum atomic E-state index is 6.48. The van der Waals surface area contributed by atoms with E-state index in [0.717, 1.165) is 67.5 Å². The number of imidazole rings is 1. The number of pyridine rings is 2. The number of hydrogen-bond donors (Lipinski definition) is 0. The maximum Gasteiger partial charge on any atom is 0.138 e. The number of aromatic nitrogens is 3. The van der Waals surface area contributed by atoms with Crippen molar-refractivity contribution in [2.24, 2.45) is 0 Å². The Kier molecular flexibility index (Phi) is 5.39. The Morgan fingerprint density at radius 2 is 1.77 bits per heavy atom. The van der Waals surface area contributed by atoms with Gasteiger partial charge in [0.15, 0.2) is 0 Å². The van der Waals surface area contributed by atoms with Gasteiger partial charge in [-0.2, -0.15) is 0 Å². The Morgan fingerprint density at radius 3 is 2.57 bits per heavy atom. The zero-order chi connectivity index (χ0) is 20.7. The molecule has 0 amide bonds. The van der Waals surface area contributed by atoms with Crippen LogP contribution in [0, 0.1) is 0 Å². The molecule has 158 valence electrons. The van der Waals surface area contributed by atoms with Crippen LogP contribution in [0.5, 0.6) is 0 Å². The zero-order valence-corrected chi connectivity index (χ0v) is 18.5. The highest BCUT2D eigenvalue weighted by Crippen LogP contribution is 2.41. The Labute approximate surface area is 183 Å². The van der Waals surface area contributed by atoms with E-state index in [-0.39, 0.29) is 12.1 Å². The van der Waals surface area contributed by atoms with Crippen molar-refractivity contribution < 1.29 is 0 Å². The molecule has 2 fully saturated rings. The zero-order valence-electron chi connectivity index (χ0n) is 17.7. The third-order valence-corrected chi connectivity index (χ3v) is 7.02. The van der Waals surface area contributed by atoms with Gasteiger partial charge in [0.05, 0.1) is 28.5 Å². The van der Waals surface area contributed by atoms with E-state index < -0.39 is 0 Å². The van der Waals surface area contributed by atoms with Crippen molar-refractivity contribution in [3.63, 3.8) is 0 Å². The summed E-state index contributed by atoms with van der Waals surface area (Å²) in [5.74, 6) is 1.24. The lowest BCUT2D eigenvalue weighted by atomic mass is 9.92. The lowest BCUT2D eigenvalue weighted by molar-refractivity contribution is 0.110. The van der Waals surface area contributed by atoms with Crippen LogP contribution in [0.1, 0.15) is 42.7 Å². The fourth-order valence-electron chi connectivity index (χ4n) is 4.93. The van der Waals surface area contributed by atoms with Crippen molar-refractivity contribution in [3.8, 4) is 0 Å². The van der Waals surface area contributed by atoms with Crippen LogP contribution in [0.25, 0.3) is 5.65 Å². The standard InChI is InChI=1S/C23H29ClN6/c1-27-12-14-29(15-13-27)22-10-4-9-21-26-18(16-30(21)22)19-7-3-8-20(28(19)2)23-17(24)6-5-11-25-23/h4-6,9-11,16,19-20H,3,7-8,12-15H2,1-2H3/t19-,20+/m1/s1.